The minimum absolute atomic E-state index is 0.143. The largest absolute Gasteiger partial charge is 0.228 e. The van der Waals surface area contributed by atoms with Gasteiger partial charge in [0, 0.05) is 15.6 Å². The third-order valence-corrected chi connectivity index (χ3v) is 4.88. The average Bonchev–Trinajstić information content (AvgIpc) is 2.70. The molecule has 0 spiro atoms. The van der Waals surface area contributed by atoms with Gasteiger partial charge in [-0.25, -0.2) is 9.97 Å². The molecule has 28 heavy (non-hydrogen) atoms. The van der Waals surface area contributed by atoms with Crippen LogP contribution in [-0.4, -0.2) is 49.2 Å². The van der Waals surface area contributed by atoms with E-state index in [2.05, 4.69) is 34.1 Å². The van der Waals surface area contributed by atoms with E-state index < -0.39 is 0 Å². The maximum absolute atomic E-state index is 6.24. The van der Waals surface area contributed by atoms with Crippen LogP contribution in [0.5, 0.6) is 0 Å². The van der Waals surface area contributed by atoms with Crippen LogP contribution in [0.3, 0.4) is 0 Å². The van der Waals surface area contributed by atoms with Crippen molar-refractivity contribution in [2.75, 3.05) is 0 Å². The van der Waals surface area contributed by atoms with Gasteiger partial charge in [-0.2, -0.15) is 0 Å². The lowest BCUT2D eigenvalue weighted by Gasteiger charge is -2.22. The summed E-state index contributed by atoms with van der Waals surface area (Å²) in [4.78, 5) is 9.30. The maximum Gasteiger partial charge on any atom is 0.160 e. The van der Waals surface area contributed by atoms with Gasteiger partial charge in [0.25, 0.3) is 0 Å². The van der Waals surface area contributed by atoms with Gasteiger partial charge in [-0.1, -0.05) is 58.2 Å². The molecule has 2 aromatic carbocycles. The van der Waals surface area contributed by atoms with Gasteiger partial charge in [-0.15, -0.1) is 16.4 Å². The lowest BCUT2D eigenvalue weighted by molar-refractivity contribution is 1.16. The van der Waals surface area contributed by atoms with Crippen LogP contribution < -0.4 is 27.3 Å². The van der Waals surface area contributed by atoms with E-state index in [1.54, 1.807) is 12.2 Å². The number of nitrogens with zero attached hydrogens (tertiary/aromatic N) is 2. The Morgan fingerprint density at radius 3 is 1.96 bits per heavy atom. The molecular formula is C20H10B5BrN2. The zero-order valence-corrected chi connectivity index (χ0v) is 16.6. The minimum atomic E-state index is 0.143. The molecule has 1 aromatic heterocycles. The van der Waals surface area contributed by atoms with Crippen molar-refractivity contribution in [3.63, 3.8) is 0 Å². The molecule has 0 unspecified atom stereocenters. The van der Waals surface area contributed by atoms with Crippen molar-refractivity contribution < 1.29 is 0 Å². The smallest absolute Gasteiger partial charge is 0.160 e. The van der Waals surface area contributed by atoms with E-state index in [1.165, 1.54) is 0 Å². The first-order valence-corrected chi connectivity index (χ1v) is 9.03. The monoisotopic (exact) mass is 412 g/mol. The number of hydrogen-bond acceptors (Lipinski definition) is 2. The van der Waals surface area contributed by atoms with Crippen molar-refractivity contribution in [2.24, 2.45) is 0 Å². The van der Waals surface area contributed by atoms with E-state index in [4.69, 9.17) is 44.2 Å². The van der Waals surface area contributed by atoms with Crippen molar-refractivity contribution in [3.8, 4) is 22.6 Å². The number of rotatable bonds is 4. The molecular weight excluding hydrogens is 402 g/mol. The Balaban J connectivity index is 2.43. The standard InChI is InChI=1S/C20H10B5BrN2/c1-3-11-12(4-2)27-20(9-6-5-7-10(26)8-9)28-19(11)13-14(21)16(23)18(25)17(24)15(13)22/h3-8H,1-2H2. The Labute approximate surface area is 180 Å². The molecule has 0 aliphatic carbocycles. The summed E-state index contributed by atoms with van der Waals surface area (Å²) in [6.07, 6.45) is 3.22. The van der Waals surface area contributed by atoms with Gasteiger partial charge in [-0.3, -0.25) is 0 Å². The third-order valence-electron chi connectivity index (χ3n) is 4.39. The van der Waals surface area contributed by atoms with Crippen LogP contribution in [0.1, 0.15) is 11.3 Å². The van der Waals surface area contributed by atoms with Crippen molar-refractivity contribution in [3.05, 3.63) is 53.2 Å². The zero-order valence-electron chi connectivity index (χ0n) is 15.0. The third kappa shape index (κ3) is 3.46. The predicted octanol–water partition coefficient (Wildman–Crippen LogP) is -0.172. The summed E-state index contributed by atoms with van der Waals surface area (Å²) in [5, 5.41) is 0. The summed E-state index contributed by atoms with van der Waals surface area (Å²) in [7, 11) is 30.5. The lowest BCUT2D eigenvalue weighted by atomic mass is 9.60. The highest BCUT2D eigenvalue weighted by molar-refractivity contribution is 9.10. The van der Waals surface area contributed by atoms with Gasteiger partial charge in [0.1, 0.15) is 39.2 Å². The summed E-state index contributed by atoms with van der Waals surface area (Å²) >= 11 is 3.46. The molecule has 0 N–H and O–H groups in total. The summed E-state index contributed by atoms with van der Waals surface area (Å²) in [5.41, 5.74) is 3.65. The summed E-state index contributed by atoms with van der Waals surface area (Å²) < 4.78 is 0.892. The van der Waals surface area contributed by atoms with Crippen molar-refractivity contribution in [1.82, 2.24) is 9.97 Å². The Bertz CT molecular complexity index is 1100. The molecule has 0 saturated heterocycles. The van der Waals surface area contributed by atoms with E-state index in [1.807, 2.05) is 24.3 Å². The quantitative estimate of drug-likeness (QED) is 0.557. The zero-order chi connectivity index (χ0) is 20.6. The number of aromatic nitrogens is 2. The Hall–Kier alpha value is -2.20. The molecule has 0 atom stereocenters. The predicted molar refractivity (Wildman–Crippen MR) is 128 cm³/mol. The summed E-state index contributed by atoms with van der Waals surface area (Å²) in [5.74, 6) is 0.463. The molecule has 0 fully saturated rings. The molecule has 3 aromatic rings. The second-order valence-corrected chi connectivity index (χ2v) is 6.97. The van der Waals surface area contributed by atoms with E-state index in [-0.39, 0.29) is 27.3 Å². The lowest BCUT2D eigenvalue weighted by Crippen LogP contribution is -2.55. The number of benzene rings is 2. The topological polar surface area (TPSA) is 25.8 Å². The summed E-state index contributed by atoms with van der Waals surface area (Å²) in [6.45, 7) is 7.70. The van der Waals surface area contributed by atoms with Gasteiger partial charge in [0.2, 0.25) is 0 Å². The molecule has 2 nitrogen and oxygen atoms in total. The maximum atomic E-state index is 6.24. The molecule has 10 radical (unpaired) electrons. The van der Waals surface area contributed by atoms with Crippen LogP contribution >= 0.6 is 15.9 Å². The molecule has 3 rings (SSSR count). The van der Waals surface area contributed by atoms with E-state index in [0.29, 0.717) is 28.3 Å². The van der Waals surface area contributed by atoms with Crippen LogP contribution in [0, 0.1) is 0 Å². The Kier molecular flexibility index (Phi) is 5.90. The molecule has 1 heterocycles. The van der Waals surface area contributed by atoms with Crippen molar-refractivity contribution in [2.45, 2.75) is 0 Å². The molecule has 8 heteroatoms. The van der Waals surface area contributed by atoms with Crippen LogP contribution in [0.2, 0.25) is 0 Å². The van der Waals surface area contributed by atoms with Gasteiger partial charge in [0.15, 0.2) is 5.82 Å². The van der Waals surface area contributed by atoms with Crippen LogP contribution in [-0.2, 0) is 0 Å². The highest BCUT2D eigenvalue weighted by atomic mass is 79.9. The van der Waals surface area contributed by atoms with Gasteiger partial charge in [0.05, 0.1) is 11.4 Å². The first-order valence-electron chi connectivity index (χ1n) is 8.24. The van der Waals surface area contributed by atoms with Crippen molar-refractivity contribution in [1.29, 1.82) is 0 Å². The Morgan fingerprint density at radius 2 is 1.43 bits per heavy atom. The number of halogens is 1. The van der Waals surface area contributed by atoms with Gasteiger partial charge >= 0.3 is 0 Å². The van der Waals surface area contributed by atoms with Gasteiger partial charge in [-0.05, 0) is 23.8 Å². The minimum Gasteiger partial charge on any atom is -0.228 e. The molecule has 0 aliphatic heterocycles. The van der Waals surface area contributed by atoms with E-state index in [0.717, 1.165) is 10.0 Å². The molecule has 0 saturated carbocycles. The highest BCUT2D eigenvalue weighted by Crippen LogP contribution is 2.27. The van der Waals surface area contributed by atoms with Crippen LogP contribution in [0.25, 0.3) is 34.8 Å². The normalized spacial score (nSPS) is 10.6. The molecule has 0 bridgehead atoms. The second-order valence-electron chi connectivity index (χ2n) is 6.06. The fourth-order valence-corrected chi connectivity index (χ4v) is 3.29. The SMILES string of the molecule is [B]c1c([B])c([B])c(-c2nc(-c3cccc(Br)c3)nc(C=C)c2C=C)c([B])c1[B]. The number of hydrogen-bond donors (Lipinski definition) is 0. The summed E-state index contributed by atoms with van der Waals surface area (Å²) in [6, 6.07) is 7.59. The molecule has 122 valence electrons. The van der Waals surface area contributed by atoms with Crippen LogP contribution in [0.4, 0.5) is 0 Å². The van der Waals surface area contributed by atoms with Gasteiger partial charge < -0.3 is 0 Å². The average molecular weight is 412 g/mol. The Morgan fingerprint density at radius 1 is 0.821 bits per heavy atom. The highest BCUT2D eigenvalue weighted by Gasteiger charge is 2.19. The first-order chi connectivity index (χ1) is 13.3. The fraction of sp³-hybridized carbons (Fsp3) is 0. The first kappa shape index (κ1) is 20.5. The van der Waals surface area contributed by atoms with E-state index >= 15 is 0 Å². The van der Waals surface area contributed by atoms with E-state index in [9.17, 15) is 0 Å². The molecule has 0 aliphatic rings. The second kappa shape index (κ2) is 8.04. The van der Waals surface area contributed by atoms with Crippen molar-refractivity contribution >= 4 is 94.6 Å². The molecule has 0 amide bonds. The fourth-order valence-electron chi connectivity index (χ4n) is 2.90. The van der Waals surface area contributed by atoms with Crippen LogP contribution in [0.15, 0.2) is 41.9 Å².